The van der Waals surface area contributed by atoms with Crippen LogP contribution in [0.4, 0.5) is 4.39 Å². The van der Waals surface area contributed by atoms with E-state index in [1.165, 1.54) is 12.1 Å². The molecule has 0 saturated carbocycles. The van der Waals surface area contributed by atoms with E-state index in [0.717, 1.165) is 5.56 Å². The van der Waals surface area contributed by atoms with Crippen molar-refractivity contribution in [3.63, 3.8) is 0 Å². The molecule has 2 aromatic rings. The Bertz CT molecular complexity index is 602. The first kappa shape index (κ1) is 17.0. The minimum Gasteiger partial charge on any atom is -0.494 e. The predicted molar refractivity (Wildman–Crippen MR) is 87.5 cm³/mol. The normalized spacial score (nSPS) is 11.7. The minimum absolute atomic E-state index is 0.0804. The lowest BCUT2D eigenvalue weighted by Gasteiger charge is -2.12. The fourth-order valence-corrected chi connectivity index (χ4v) is 2.11. The van der Waals surface area contributed by atoms with Crippen LogP contribution in [0.2, 0.25) is 0 Å². The van der Waals surface area contributed by atoms with Crippen LogP contribution in [0.5, 0.6) is 5.75 Å². The Balaban J connectivity index is 1.60. The predicted octanol–water partition coefficient (Wildman–Crippen LogP) is 2.80. The SMILES string of the molecule is NC(CC(=O)NCCCOc1ccc(F)cc1)c1ccccc1. The number of halogens is 1. The molecule has 23 heavy (non-hydrogen) atoms. The number of nitrogens with one attached hydrogen (secondary N) is 1. The van der Waals surface area contributed by atoms with E-state index in [9.17, 15) is 9.18 Å². The van der Waals surface area contributed by atoms with Gasteiger partial charge in [-0.2, -0.15) is 0 Å². The molecule has 0 fully saturated rings. The maximum atomic E-state index is 12.7. The summed E-state index contributed by atoms with van der Waals surface area (Å²) < 4.78 is 18.2. The van der Waals surface area contributed by atoms with E-state index in [0.29, 0.717) is 25.3 Å². The molecule has 4 nitrogen and oxygen atoms in total. The molecular formula is C18H21FN2O2. The molecule has 0 heterocycles. The van der Waals surface area contributed by atoms with Crippen LogP contribution in [0.3, 0.4) is 0 Å². The Morgan fingerprint density at radius 1 is 1.13 bits per heavy atom. The summed E-state index contributed by atoms with van der Waals surface area (Å²) in [5.41, 5.74) is 6.94. The van der Waals surface area contributed by atoms with E-state index < -0.39 is 0 Å². The second-order valence-electron chi connectivity index (χ2n) is 5.23. The Kier molecular flexibility index (Phi) is 6.56. The van der Waals surface area contributed by atoms with E-state index in [-0.39, 0.29) is 24.2 Å². The molecule has 1 unspecified atom stereocenters. The van der Waals surface area contributed by atoms with E-state index in [2.05, 4.69) is 5.32 Å². The van der Waals surface area contributed by atoms with Gasteiger partial charge < -0.3 is 15.8 Å². The molecule has 0 aliphatic carbocycles. The number of amides is 1. The van der Waals surface area contributed by atoms with Crippen molar-refractivity contribution < 1.29 is 13.9 Å². The van der Waals surface area contributed by atoms with E-state index in [1.807, 2.05) is 30.3 Å². The van der Waals surface area contributed by atoms with Crippen molar-refractivity contribution >= 4 is 5.91 Å². The van der Waals surface area contributed by atoms with E-state index in [1.54, 1.807) is 12.1 Å². The zero-order valence-corrected chi connectivity index (χ0v) is 12.9. The van der Waals surface area contributed by atoms with E-state index in [4.69, 9.17) is 10.5 Å². The maximum absolute atomic E-state index is 12.7. The second kappa shape index (κ2) is 8.90. The highest BCUT2D eigenvalue weighted by atomic mass is 19.1. The number of carbonyl (C=O) groups excluding carboxylic acids is 1. The number of hydrogen-bond donors (Lipinski definition) is 2. The highest BCUT2D eigenvalue weighted by molar-refractivity contribution is 5.76. The summed E-state index contributed by atoms with van der Waals surface area (Å²) in [6.07, 6.45) is 0.923. The van der Waals surface area contributed by atoms with Crippen LogP contribution >= 0.6 is 0 Å². The molecule has 0 aliphatic heterocycles. The van der Waals surface area contributed by atoms with Crippen molar-refractivity contribution in [1.82, 2.24) is 5.32 Å². The molecule has 0 radical (unpaired) electrons. The first-order valence-corrected chi connectivity index (χ1v) is 7.61. The molecule has 0 saturated heterocycles. The van der Waals surface area contributed by atoms with Crippen molar-refractivity contribution in [3.05, 3.63) is 66.0 Å². The summed E-state index contributed by atoms with van der Waals surface area (Å²) in [4.78, 5) is 11.8. The summed E-state index contributed by atoms with van der Waals surface area (Å²) in [5, 5.41) is 2.82. The summed E-state index contributed by atoms with van der Waals surface area (Å²) in [6, 6.07) is 15.1. The number of rotatable bonds is 8. The van der Waals surface area contributed by atoms with Crippen LogP contribution in [0.25, 0.3) is 0 Å². The van der Waals surface area contributed by atoms with Gasteiger partial charge in [0.25, 0.3) is 0 Å². The second-order valence-corrected chi connectivity index (χ2v) is 5.23. The number of ether oxygens (including phenoxy) is 1. The lowest BCUT2D eigenvalue weighted by Crippen LogP contribution is -2.29. The average molecular weight is 316 g/mol. The van der Waals surface area contributed by atoms with Gasteiger partial charge in [0, 0.05) is 19.0 Å². The van der Waals surface area contributed by atoms with Gasteiger partial charge in [-0.05, 0) is 36.2 Å². The van der Waals surface area contributed by atoms with E-state index >= 15 is 0 Å². The quantitative estimate of drug-likeness (QED) is 0.736. The molecule has 2 aromatic carbocycles. The molecule has 1 atom stereocenters. The molecule has 2 rings (SSSR count). The lowest BCUT2D eigenvalue weighted by molar-refractivity contribution is -0.121. The summed E-state index contributed by atoms with van der Waals surface area (Å²) >= 11 is 0. The third-order valence-electron chi connectivity index (χ3n) is 3.36. The van der Waals surface area contributed by atoms with Crippen LogP contribution < -0.4 is 15.8 Å². The Morgan fingerprint density at radius 2 is 1.83 bits per heavy atom. The molecule has 0 aromatic heterocycles. The molecule has 122 valence electrons. The van der Waals surface area contributed by atoms with Crippen molar-refractivity contribution in [2.45, 2.75) is 18.9 Å². The molecule has 1 amide bonds. The Hall–Kier alpha value is -2.40. The summed E-state index contributed by atoms with van der Waals surface area (Å²) in [7, 11) is 0. The smallest absolute Gasteiger partial charge is 0.221 e. The largest absolute Gasteiger partial charge is 0.494 e. The van der Waals surface area contributed by atoms with Gasteiger partial charge in [0.15, 0.2) is 0 Å². The van der Waals surface area contributed by atoms with Gasteiger partial charge in [-0.15, -0.1) is 0 Å². The fraction of sp³-hybridized carbons (Fsp3) is 0.278. The minimum atomic E-state index is -0.299. The lowest BCUT2D eigenvalue weighted by atomic mass is 10.0. The van der Waals surface area contributed by atoms with Gasteiger partial charge in [0.2, 0.25) is 5.91 Å². The molecule has 0 aliphatic rings. The van der Waals surface area contributed by atoms with Crippen molar-refractivity contribution in [2.24, 2.45) is 5.73 Å². The molecule has 5 heteroatoms. The van der Waals surface area contributed by atoms with Crippen molar-refractivity contribution in [1.29, 1.82) is 0 Å². The van der Waals surface area contributed by atoms with Gasteiger partial charge in [0.1, 0.15) is 11.6 Å². The maximum Gasteiger partial charge on any atom is 0.221 e. The summed E-state index contributed by atoms with van der Waals surface area (Å²) in [5.74, 6) is 0.242. The first-order valence-electron chi connectivity index (χ1n) is 7.61. The number of nitrogens with two attached hydrogens (primary N) is 1. The van der Waals surface area contributed by atoms with Gasteiger partial charge in [-0.3, -0.25) is 4.79 Å². The highest BCUT2D eigenvalue weighted by Gasteiger charge is 2.10. The Morgan fingerprint density at radius 3 is 2.52 bits per heavy atom. The van der Waals surface area contributed by atoms with Crippen LogP contribution in [-0.4, -0.2) is 19.1 Å². The topological polar surface area (TPSA) is 64.4 Å². The van der Waals surface area contributed by atoms with Crippen molar-refractivity contribution in [2.75, 3.05) is 13.2 Å². The van der Waals surface area contributed by atoms with Gasteiger partial charge in [-0.25, -0.2) is 4.39 Å². The van der Waals surface area contributed by atoms with Crippen molar-refractivity contribution in [3.8, 4) is 5.75 Å². The zero-order valence-electron chi connectivity index (χ0n) is 12.9. The fourth-order valence-electron chi connectivity index (χ4n) is 2.11. The first-order chi connectivity index (χ1) is 11.1. The molecule has 0 spiro atoms. The molecular weight excluding hydrogens is 295 g/mol. The number of benzene rings is 2. The zero-order chi connectivity index (χ0) is 16.5. The number of carbonyl (C=O) groups is 1. The standard InChI is InChI=1S/C18H21FN2O2/c19-15-7-9-16(10-8-15)23-12-4-11-21-18(22)13-17(20)14-5-2-1-3-6-14/h1-3,5-10,17H,4,11-13,20H2,(H,21,22). The Labute approximate surface area is 135 Å². The van der Waals surface area contributed by atoms with Gasteiger partial charge >= 0.3 is 0 Å². The van der Waals surface area contributed by atoms with Crippen LogP contribution in [-0.2, 0) is 4.79 Å². The number of hydrogen-bond acceptors (Lipinski definition) is 3. The summed E-state index contributed by atoms with van der Waals surface area (Å²) in [6.45, 7) is 0.970. The van der Waals surface area contributed by atoms with Gasteiger partial charge in [-0.1, -0.05) is 30.3 Å². The molecule has 3 N–H and O–H groups in total. The average Bonchev–Trinajstić information content (AvgIpc) is 2.57. The third-order valence-corrected chi connectivity index (χ3v) is 3.36. The van der Waals surface area contributed by atoms with Crippen LogP contribution in [0.1, 0.15) is 24.4 Å². The van der Waals surface area contributed by atoms with Crippen LogP contribution in [0, 0.1) is 5.82 Å². The third kappa shape index (κ3) is 6.08. The molecule has 0 bridgehead atoms. The highest BCUT2D eigenvalue weighted by Crippen LogP contribution is 2.13. The van der Waals surface area contributed by atoms with Gasteiger partial charge in [0.05, 0.1) is 6.61 Å². The van der Waals surface area contributed by atoms with Crippen LogP contribution in [0.15, 0.2) is 54.6 Å². The monoisotopic (exact) mass is 316 g/mol.